The lowest BCUT2D eigenvalue weighted by molar-refractivity contribution is 0.310. The van der Waals surface area contributed by atoms with Crippen LogP contribution in [0.15, 0.2) is 52.2 Å². The van der Waals surface area contributed by atoms with Gasteiger partial charge in [-0.15, -0.1) is 0 Å². The van der Waals surface area contributed by atoms with Crippen LogP contribution in [0.5, 0.6) is 0 Å². The molecule has 0 aliphatic heterocycles. The van der Waals surface area contributed by atoms with E-state index in [4.69, 9.17) is 5.73 Å². The molecule has 1 heterocycles. The van der Waals surface area contributed by atoms with Crippen LogP contribution in [0.25, 0.3) is 10.8 Å². The molecule has 0 saturated heterocycles. The summed E-state index contributed by atoms with van der Waals surface area (Å²) in [6.07, 6.45) is 1.70. The fraction of sp³-hybridized carbons (Fsp3) is 0. The number of hydrazone groups is 1. The Morgan fingerprint density at radius 2 is 1.95 bits per heavy atom. The molecule has 3 aromatic rings. The number of hydrogen-bond donors (Lipinski definition) is 2. The second kappa shape index (κ2) is 4.77. The number of nitrogens with zero attached hydrogens (tertiary/aromatic N) is 3. The number of fused-ring (bicyclic) bond motifs is 1. The minimum atomic E-state index is 0.176. The average molecular weight is 253 g/mol. The first-order valence-corrected chi connectivity index (χ1v) is 5.69. The summed E-state index contributed by atoms with van der Waals surface area (Å²) in [5.74, 6) is 0.478. The van der Waals surface area contributed by atoms with Gasteiger partial charge in [-0.2, -0.15) is 5.10 Å². The van der Waals surface area contributed by atoms with E-state index < -0.39 is 0 Å². The van der Waals surface area contributed by atoms with Crippen LogP contribution in [0.3, 0.4) is 0 Å². The van der Waals surface area contributed by atoms with Crippen molar-refractivity contribution < 1.29 is 4.63 Å². The molecule has 3 N–H and O–H groups in total. The number of nitrogens with two attached hydrogens (primary N) is 1. The Kier molecular flexibility index (Phi) is 2.82. The molecule has 1 aromatic heterocycles. The summed E-state index contributed by atoms with van der Waals surface area (Å²) in [5.41, 5.74) is 9.19. The van der Waals surface area contributed by atoms with Gasteiger partial charge in [-0.1, -0.05) is 42.5 Å². The highest BCUT2D eigenvalue weighted by Crippen LogP contribution is 2.17. The van der Waals surface area contributed by atoms with Crippen molar-refractivity contribution in [3.8, 4) is 0 Å². The van der Waals surface area contributed by atoms with Crippen LogP contribution in [0.2, 0.25) is 0 Å². The molecule has 0 atom stereocenters. The Hall–Kier alpha value is -2.89. The quantitative estimate of drug-likeness (QED) is 0.552. The van der Waals surface area contributed by atoms with E-state index in [1.807, 2.05) is 30.3 Å². The first-order chi connectivity index (χ1) is 9.34. The third kappa shape index (κ3) is 2.23. The van der Waals surface area contributed by atoms with E-state index in [2.05, 4.69) is 37.6 Å². The second-order valence-electron chi connectivity index (χ2n) is 3.94. The Labute approximate surface area is 108 Å². The molecule has 0 aliphatic carbocycles. The van der Waals surface area contributed by atoms with Crippen molar-refractivity contribution in [2.45, 2.75) is 0 Å². The topological polar surface area (TPSA) is 89.3 Å². The van der Waals surface area contributed by atoms with Crippen molar-refractivity contribution in [2.75, 3.05) is 11.2 Å². The molecule has 0 amide bonds. The second-order valence-corrected chi connectivity index (χ2v) is 3.94. The SMILES string of the molecule is Nc1nonc1NN=Cc1cccc2ccccc12. The van der Waals surface area contributed by atoms with Gasteiger partial charge in [0.1, 0.15) is 0 Å². The van der Waals surface area contributed by atoms with E-state index >= 15 is 0 Å². The lowest BCUT2D eigenvalue weighted by atomic mass is 10.1. The Morgan fingerprint density at radius 1 is 1.11 bits per heavy atom. The predicted molar refractivity (Wildman–Crippen MR) is 73.9 cm³/mol. The monoisotopic (exact) mass is 253 g/mol. The fourth-order valence-electron chi connectivity index (χ4n) is 1.80. The van der Waals surface area contributed by atoms with E-state index in [-0.39, 0.29) is 5.82 Å². The largest absolute Gasteiger partial charge is 0.378 e. The maximum Gasteiger partial charge on any atom is 0.235 e. The molecule has 19 heavy (non-hydrogen) atoms. The highest BCUT2D eigenvalue weighted by atomic mass is 16.6. The van der Waals surface area contributed by atoms with Gasteiger partial charge in [0.25, 0.3) is 0 Å². The number of nitrogens with one attached hydrogen (secondary N) is 1. The lowest BCUT2D eigenvalue weighted by Crippen LogP contribution is -1.95. The van der Waals surface area contributed by atoms with Crippen LogP contribution in [-0.2, 0) is 0 Å². The lowest BCUT2D eigenvalue weighted by Gasteiger charge is -2.01. The van der Waals surface area contributed by atoms with Crippen LogP contribution in [0.4, 0.5) is 11.6 Å². The third-order valence-electron chi connectivity index (χ3n) is 2.71. The smallest absolute Gasteiger partial charge is 0.235 e. The van der Waals surface area contributed by atoms with E-state index in [0.717, 1.165) is 16.3 Å². The summed E-state index contributed by atoms with van der Waals surface area (Å²) < 4.78 is 4.46. The Bertz CT molecular complexity index is 729. The normalized spacial score (nSPS) is 11.2. The van der Waals surface area contributed by atoms with Gasteiger partial charge in [0, 0.05) is 5.56 Å². The molecule has 3 rings (SSSR count). The maximum absolute atomic E-state index is 5.51. The molecular formula is C13H11N5O. The highest BCUT2D eigenvalue weighted by molar-refractivity contribution is 5.99. The third-order valence-corrected chi connectivity index (χ3v) is 2.71. The summed E-state index contributed by atoms with van der Waals surface area (Å²) in [4.78, 5) is 0. The molecule has 0 bridgehead atoms. The van der Waals surface area contributed by atoms with Gasteiger partial charge < -0.3 is 5.73 Å². The predicted octanol–water partition coefficient (Wildman–Crippen LogP) is 2.25. The molecule has 2 aromatic carbocycles. The molecule has 0 aliphatic rings. The van der Waals surface area contributed by atoms with Crippen molar-refractivity contribution in [2.24, 2.45) is 5.10 Å². The molecule has 0 spiro atoms. The average Bonchev–Trinajstić information content (AvgIpc) is 2.85. The summed E-state index contributed by atoms with van der Waals surface area (Å²) in [5, 5.41) is 13.4. The van der Waals surface area contributed by atoms with Crippen LogP contribution < -0.4 is 11.2 Å². The van der Waals surface area contributed by atoms with E-state index in [1.165, 1.54) is 0 Å². The van der Waals surface area contributed by atoms with Crippen molar-refractivity contribution in [3.63, 3.8) is 0 Å². The van der Waals surface area contributed by atoms with Crippen molar-refractivity contribution in [1.82, 2.24) is 10.3 Å². The fourth-order valence-corrected chi connectivity index (χ4v) is 1.80. The minimum Gasteiger partial charge on any atom is -0.378 e. The Morgan fingerprint density at radius 3 is 2.79 bits per heavy atom. The van der Waals surface area contributed by atoms with Crippen molar-refractivity contribution in [1.29, 1.82) is 0 Å². The van der Waals surface area contributed by atoms with Gasteiger partial charge in [0.05, 0.1) is 6.21 Å². The van der Waals surface area contributed by atoms with Gasteiger partial charge in [0.15, 0.2) is 0 Å². The molecule has 0 radical (unpaired) electrons. The first-order valence-electron chi connectivity index (χ1n) is 5.69. The molecular weight excluding hydrogens is 242 g/mol. The standard InChI is InChI=1S/C13H11N5O/c14-12-13(18-19-17-12)16-15-8-10-6-3-5-9-4-1-2-7-11(9)10/h1-8H,(H2,14,17)(H,16,18). The minimum absolute atomic E-state index is 0.176. The van der Waals surface area contributed by atoms with Crippen LogP contribution >= 0.6 is 0 Å². The van der Waals surface area contributed by atoms with Gasteiger partial charge in [-0.25, -0.2) is 4.63 Å². The van der Waals surface area contributed by atoms with Crippen LogP contribution in [-0.4, -0.2) is 16.5 Å². The van der Waals surface area contributed by atoms with Gasteiger partial charge in [-0.05, 0) is 21.1 Å². The summed E-state index contributed by atoms with van der Waals surface area (Å²) >= 11 is 0. The van der Waals surface area contributed by atoms with E-state index in [9.17, 15) is 0 Å². The zero-order chi connectivity index (χ0) is 13.1. The van der Waals surface area contributed by atoms with Crippen LogP contribution in [0, 0.1) is 0 Å². The molecule has 6 nitrogen and oxygen atoms in total. The van der Waals surface area contributed by atoms with Crippen molar-refractivity contribution >= 4 is 28.6 Å². The van der Waals surface area contributed by atoms with Gasteiger partial charge in [-0.3, -0.25) is 5.43 Å². The maximum atomic E-state index is 5.51. The van der Waals surface area contributed by atoms with E-state index in [0.29, 0.717) is 5.82 Å². The number of aromatic nitrogens is 2. The first kappa shape index (κ1) is 11.2. The van der Waals surface area contributed by atoms with Crippen molar-refractivity contribution in [3.05, 3.63) is 48.0 Å². The zero-order valence-electron chi connectivity index (χ0n) is 9.95. The van der Waals surface area contributed by atoms with E-state index in [1.54, 1.807) is 6.21 Å². The highest BCUT2D eigenvalue weighted by Gasteiger charge is 2.03. The zero-order valence-corrected chi connectivity index (χ0v) is 9.95. The molecule has 0 fully saturated rings. The summed E-state index contributed by atoms with van der Waals surface area (Å²) in [6.45, 7) is 0. The Balaban J connectivity index is 1.87. The number of nitrogen functional groups attached to an aromatic ring is 1. The number of rotatable bonds is 3. The summed E-state index contributed by atoms with van der Waals surface area (Å²) in [6, 6.07) is 14.1. The summed E-state index contributed by atoms with van der Waals surface area (Å²) in [7, 11) is 0. The number of hydrogen-bond acceptors (Lipinski definition) is 6. The van der Waals surface area contributed by atoms with Gasteiger partial charge >= 0.3 is 0 Å². The molecule has 0 unspecified atom stereocenters. The number of benzene rings is 2. The molecule has 94 valence electrons. The van der Waals surface area contributed by atoms with Crippen LogP contribution in [0.1, 0.15) is 5.56 Å². The molecule has 6 heteroatoms. The molecule has 0 saturated carbocycles. The number of anilines is 2. The van der Waals surface area contributed by atoms with Gasteiger partial charge in [0.2, 0.25) is 11.6 Å².